The van der Waals surface area contributed by atoms with Crippen LogP contribution in [-0.4, -0.2) is 67.0 Å². The molecule has 1 aliphatic rings. The Kier molecular flexibility index (Phi) is 8.14. The Balaban J connectivity index is 2.42. The Morgan fingerprint density at radius 3 is 2.03 bits per heavy atom. The van der Waals surface area contributed by atoms with Gasteiger partial charge in [-0.1, -0.05) is 0 Å². The van der Waals surface area contributed by atoms with Crippen LogP contribution in [0.25, 0.3) is 0 Å². The van der Waals surface area contributed by atoms with Crippen LogP contribution < -0.4 is 5.32 Å². The van der Waals surface area contributed by atoms with Crippen molar-refractivity contribution in [1.29, 1.82) is 0 Å². The van der Waals surface area contributed by atoms with Gasteiger partial charge >= 0.3 is 23.9 Å². The fraction of sp³-hybridized carbons (Fsp3) is 0.526. The summed E-state index contributed by atoms with van der Waals surface area (Å²) in [6.07, 6.45) is -4.00. The van der Waals surface area contributed by atoms with E-state index in [1.807, 2.05) is 0 Å². The molecule has 0 bridgehead atoms. The van der Waals surface area contributed by atoms with Gasteiger partial charge in [0.15, 0.2) is 18.0 Å². The third kappa shape index (κ3) is 6.81. The first-order chi connectivity index (χ1) is 14.6. The molecule has 0 saturated carbocycles. The summed E-state index contributed by atoms with van der Waals surface area (Å²) >= 11 is 0. The van der Waals surface area contributed by atoms with Gasteiger partial charge in [-0.05, 0) is 12.1 Å². The van der Waals surface area contributed by atoms with Gasteiger partial charge in [-0.15, -0.1) is 0 Å². The molecule has 2 rings (SSSR count). The zero-order valence-corrected chi connectivity index (χ0v) is 17.3. The topological polar surface area (TPSA) is 157 Å². The molecule has 1 fully saturated rings. The van der Waals surface area contributed by atoms with E-state index in [2.05, 4.69) is 5.32 Å². The normalized spacial score (nSPS) is 25.1. The maximum atomic E-state index is 12.5. The van der Waals surface area contributed by atoms with E-state index >= 15 is 0 Å². The standard InChI is InChI=1S/C19H23NO11/c1-9(21)27-8-14-16(28-10(2)22)17(29-11(3)23)15(19(31-14)30-12(4)24)20-18(25)13-6-5-7-26-13/h5-7,14-17,19H,8H2,1-4H3,(H,20,25)/t14-,15-,16-,17+,19+/m0/s1. The fourth-order valence-corrected chi connectivity index (χ4v) is 2.95. The highest BCUT2D eigenvalue weighted by Crippen LogP contribution is 2.28. The lowest BCUT2D eigenvalue weighted by molar-refractivity contribution is -0.270. The quantitative estimate of drug-likeness (QED) is 0.452. The average Bonchev–Trinajstić information content (AvgIpc) is 3.18. The Morgan fingerprint density at radius 2 is 1.52 bits per heavy atom. The predicted molar refractivity (Wildman–Crippen MR) is 98.1 cm³/mol. The van der Waals surface area contributed by atoms with Crippen molar-refractivity contribution in [2.24, 2.45) is 0 Å². The fourth-order valence-electron chi connectivity index (χ4n) is 2.95. The van der Waals surface area contributed by atoms with Gasteiger partial charge < -0.3 is 33.4 Å². The molecular weight excluding hydrogens is 418 g/mol. The van der Waals surface area contributed by atoms with Crippen molar-refractivity contribution in [1.82, 2.24) is 5.32 Å². The van der Waals surface area contributed by atoms with Crippen LogP contribution in [0, 0.1) is 0 Å². The number of carbonyl (C=O) groups is 5. The molecule has 1 aromatic heterocycles. The first kappa shape index (κ1) is 23.9. The third-order valence-electron chi connectivity index (χ3n) is 4.03. The summed E-state index contributed by atoms with van der Waals surface area (Å²) in [4.78, 5) is 58.9. The molecule has 0 spiro atoms. The van der Waals surface area contributed by atoms with Crippen molar-refractivity contribution in [3.05, 3.63) is 24.2 Å². The second-order valence-corrected chi connectivity index (χ2v) is 6.58. The van der Waals surface area contributed by atoms with Crippen LogP contribution in [0.3, 0.4) is 0 Å². The van der Waals surface area contributed by atoms with Gasteiger partial charge in [0.2, 0.25) is 6.29 Å². The molecular formula is C19H23NO11. The van der Waals surface area contributed by atoms with Crippen molar-refractivity contribution in [2.75, 3.05) is 6.61 Å². The number of furan rings is 1. The van der Waals surface area contributed by atoms with Gasteiger partial charge in [0.05, 0.1) is 6.26 Å². The van der Waals surface area contributed by atoms with Crippen LogP contribution in [0.5, 0.6) is 0 Å². The third-order valence-corrected chi connectivity index (χ3v) is 4.03. The highest BCUT2D eigenvalue weighted by molar-refractivity contribution is 5.91. The van der Waals surface area contributed by atoms with Gasteiger partial charge in [0, 0.05) is 27.7 Å². The summed E-state index contributed by atoms with van der Waals surface area (Å²) in [7, 11) is 0. The summed E-state index contributed by atoms with van der Waals surface area (Å²) in [6.45, 7) is 4.08. The highest BCUT2D eigenvalue weighted by atomic mass is 16.7. The number of amides is 1. The molecule has 1 amide bonds. The van der Waals surface area contributed by atoms with Gasteiger partial charge in [0.1, 0.15) is 18.8 Å². The number of hydrogen-bond acceptors (Lipinski definition) is 11. The molecule has 0 radical (unpaired) electrons. The summed E-state index contributed by atoms with van der Waals surface area (Å²) < 4.78 is 31.4. The Hall–Kier alpha value is -3.41. The largest absolute Gasteiger partial charge is 0.463 e. The first-order valence-corrected chi connectivity index (χ1v) is 9.23. The van der Waals surface area contributed by atoms with Crippen molar-refractivity contribution in [3.8, 4) is 0 Å². The lowest BCUT2D eigenvalue weighted by atomic mass is 9.96. The second-order valence-electron chi connectivity index (χ2n) is 6.58. The maximum absolute atomic E-state index is 12.5. The Bertz CT molecular complexity index is 819. The van der Waals surface area contributed by atoms with Crippen LogP contribution >= 0.6 is 0 Å². The van der Waals surface area contributed by atoms with Crippen molar-refractivity contribution >= 4 is 29.8 Å². The minimum atomic E-state index is -1.46. The molecule has 170 valence electrons. The zero-order chi connectivity index (χ0) is 23.1. The minimum absolute atomic E-state index is 0.0748. The predicted octanol–water partition coefficient (Wildman–Crippen LogP) is 0.0925. The SMILES string of the molecule is CC(=O)OC[C@@H]1O[C@@H](OC(C)=O)[C@@H](NC(=O)c2ccco2)[C@@H](OC(C)=O)[C@H]1OC(C)=O. The van der Waals surface area contributed by atoms with Crippen LogP contribution in [0.15, 0.2) is 22.8 Å². The monoisotopic (exact) mass is 441 g/mol. The lowest BCUT2D eigenvalue weighted by Gasteiger charge is -2.44. The molecule has 31 heavy (non-hydrogen) atoms. The van der Waals surface area contributed by atoms with E-state index in [1.165, 1.54) is 18.4 Å². The zero-order valence-electron chi connectivity index (χ0n) is 17.3. The molecule has 0 aliphatic carbocycles. The van der Waals surface area contributed by atoms with Gasteiger partial charge in [0.25, 0.3) is 5.91 Å². The van der Waals surface area contributed by atoms with Gasteiger partial charge in [-0.3, -0.25) is 24.0 Å². The number of rotatable bonds is 7. The Morgan fingerprint density at radius 1 is 0.903 bits per heavy atom. The minimum Gasteiger partial charge on any atom is -0.463 e. The van der Waals surface area contributed by atoms with Crippen molar-refractivity contribution in [2.45, 2.75) is 58.3 Å². The van der Waals surface area contributed by atoms with E-state index in [1.54, 1.807) is 0 Å². The van der Waals surface area contributed by atoms with Crippen molar-refractivity contribution in [3.63, 3.8) is 0 Å². The van der Waals surface area contributed by atoms with E-state index in [0.717, 1.165) is 27.7 Å². The van der Waals surface area contributed by atoms with Crippen LogP contribution in [-0.2, 0) is 42.9 Å². The molecule has 12 heteroatoms. The molecule has 1 saturated heterocycles. The molecule has 1 aromatic rings. The van der Waals surface area contributed by atoms with Gasteiger partial charge in [-0.2, -0.15) is 0 Å². The summed E-state index contributed by atoms with van der Waals surface area (Å²) in [5.74, 6) is -3.73. The molecule has 5 atom stereocenters. The second kappa shape index (κ2) is 10.6. The lowest BCUT2D eigenvalue weighted by Crippen LogP contribution is -2.67. The highest BCUT2D eigenvalue weighted by Gasteiger charge is 2.52. The average molecular weight is 441 g/mol. The molecule has 0 aromatic carbocycles. The number of carbonyl (C=O) groups excluding carboxylic acids is 5. The van der Waals surface area contributed by atoms with Crippen molar-refractivity contribution < 1.29 is 52.1 Å². The van der Waals surface area contributed by atoms with E-state index in [9.17, 15) is 24.0 Å². The first-order valence-electron chi connectivity index (χ1n) is 9.23. The number of esters is 4. The van der Waals surface area contributed by atoms with Crippen LogP contribution in [0.4, 0.5) is 0 Å². The van der Waals surface area contributed by atoms with E-state index < -0.39 is 67.0 Å². The smallest absolute Gasteiger partial charge is 0.305 e. The molecule has 0 unspecified atom stereocenters. The number of ether oxygens (including phenoxy) is 5. The molecule has 1 N–H and O–H groups in total. The molecule has 12 nitrogen and oxygen atoms in total. The van der Waals surface area contributed by atoms with Gasteiger partial charge in [-0.25, -0.2) is 0 Å². The van der Waals surface area contributed by atoms with E-state index in [4.69, 9.17) is 28.1 Å². The maximum Gasteiger partial charge on any atom is 0.305 e. The van der Waals surface area contributed by atoms with E-state index in [0.29, 0.717) is 0 Å². The van der Waals surface area contributed by atoms with Crippen LogP contribution in [0.2, 0.25) is 0 Å². The summed E-state index contributed by atoms with van der Waals surface area (Å²) in [5.41, 5.74) is 0. The summed E-state index contributed by atoms with van der Waals surface area (Å²) in [6, 6.07) is 1.58. The molecule has 1 aliphatic heterocycles. The number of hydrogen-bond donors (Lipinski definition) is 1. The van der Waals surface area contributed by atoms with E-state index in [-0.39, 0.29) is 5.76 Å². The summed E-state index contributed by atoms with van der Waals surface area (Å²) in [5, 5.41) is 2.51. The van der Waals surface area contributed by atoms with Crippen LogP contribution in [0.1, 0.15) is 38.2 Å². The Labute approximate surface area is 177 Å². The number of nitrogens with one attached hydrogen (secondary N) is 1. The molecule has 2 heterocycles.